The summed E-state index contributed by atoms with van der Waals surface area (Å²) in [5, 5.41) is 3.35. The first-order chi connectivity index (χ1) is 8.90. The van der Waals surface area contributed by atoms with E-state index in [-0.39, 0.29) is 6.10 Å². The smallest absolute Gasteiger partial charge is 0.0961 e. The quantitative estimate of drug-likeness (QED) is 0.836. The van der Waals surface area contributed by atoms with Gasteiger partial charge in [0.25, 0.3) is 0 Å². The van der Waals surface area contributed by atoms with E-state index in [1.54, 1.807) is 0 Å². The van der Waals surface area contributed by atoms with Gasteiger partial charge < -0.3 is 14.8 Å². The van der Waals surface area contributed by atoms with Crippen molar-refractivity contribution >= 4 is 0 Å². The lowest BCUT2D eigenvalue weighted by atomic mass is 10.0. The van der Waals surface area contributed by atoms with E-state index in [1.807, 2.05) is 7.05 Å². The van der Waals surface area contributed by atoms with Gasteiger partial charge in [-0.2, -0.15) is 0 Å². The van der Waals surface area contributed by atoms with Gasteiger partial charge >= 0.3 is 0 Å². The van der Waals surface area contributed by atoms with Crippen LogP contribution in [0.3, 0.4) is 0 Å². The first-order valence-electron chi connectivity index (χ1n) is 6.80. The Morgan fingerprint density at radius 3 is 2.78 bits per heavy atom. The maximum Gasteiger partial charge on any atom is 0.0961 e. The molecule has 1 aromatic rings. The fourth-order valence-corrected chi connectivity index (χ4v) is 2.43. The van der Waals surface area contributed by atoms with Gasteiger partial charge in [-0.1, -0.05) is 30.3 Å². The van der Waals surface area contributed by atoms with Crippen LogP contribution in [-0.4, -0.2) is 39.0 Å². The van der Waals surface area contributed by atoms with Gasteiger partial charge in [0.2, 0.25) is 0 Å². The Hall–Kier alpha value is -0.900. The molecule has 18 heavy (non-hydrogen) atoms. The van der Waals surface area contributed by atoms with Crippen LogP contribution in [0.1, 0.15) is 18.4 Å². The van der Waals surface area contributed by atoms with Crippen LogP contribution in [0.15, 0.2) is 30.3 Å². The molecule has 0 spiro atoms. The molecular formula is C15H23NO2. The first kappa shape index (κ1) is 13.5. The van der Waals surface area contributed by atoms with E-state index in [0.717, 1.165) is 32.7 Å². The van der Waals surface area contributed by atoms with E-state index in [1.165, 1.54) is 12.0 Å². The predicted molar refractivity (Wildman–Crippen MR) is 72.8 cm³/mol. The van der Waals surface area contributed by atoms with Crippen LogP contribution < -0.4 is 5.32 Å². The fraction of sp³-hybridized carbons (Fsp3) is 0.600. The number of hydrogen-bond acceptors (Lipinski definition) is 3. The normalized spacial score (nSPS) is 21.7. The van der Waals surface area contributed by atoms with Gasteiger partial charge in [0.05, 0.1) is 25.9 Å². The molecule has 0 bridgehead atoms. The zero-order valence-electron chi connectivity index (χ0n) is 11.1. The SMILES string of the molecule is CNC(CCCc1ccccc1)C1COCCO1. The molecule has 3 nitrogen and oxygen atoms in total. The van der Waals surface area contributed by atoms with Crippen molar-refractivity contribution in [2.75, 3.05) is 26.9 Å². The summed E-state index contributed by atoms with van der Waals surface area (Å²) in [6, 6.07) is 11.0. The minimum atomic E-state index is 0.208. The summed E-state index contributed by atoms with van der Waals surface area (Å²) < 4.78 is 11.2. The lowest BCUT2D eigenvalue weighted by molar-refractivity contribution is -0.102. The Labute approximate surface area is 109 Å². The van der Waals surface area contributed by atoms with Crippen molar-refractivity contribution in [3.05, 3.63) is 35.9 Å². The third kappa shape index (κ3) is 4.09. The van der Waals surface area contributed by atoms with Gasteiger partial charge in [-0.25, -0.2) is 0 Å². The van der Waals surface area contributed by atoms with Gasteiger partial charge in [-0.05, 0) is 31.9 Å². The fourth-order valence-electron chi connectivity index (χ4n) is 2.43. The van der Waals surface area contributed by atoms with Gasteiger partial charge in [0.15, 0.2) is 0 Å². The number of nitrogens with one attached hydrogen (secondary N) is 1. The van der Waals surface area contributed by atoms with Crippen molar-refractivity contribution in [3.63, 3.8) is 0 Å². The lowest BCUT2D eigenvalue weighted by Crippen LogP contribution is -2.45. The Balaban J connectivity index is 1.73. The summed E-state index contributed by atoms with van der Waals surface area (Å²) in [6.07, 6.45) is 3.64. The van der Waals surface area contributed by atoms with Crippen LogP contribution in [0.25, 0.3) is 0 Å². The van der Waals surface area contributed by atoms with Crippen molar-refractivity contribution in [1.82, 2.24) is 5.32 Å². The minimum absolute atomic E-state index is 0.208. The Kier molecular flexibility index (Phi) is 5.65. The lowest BCUT2D eigenvalue weighted by Gasteiger charge is -2.30. The molecule has 1 aliphatic heterocycles. The third-order valence-corrected chi connectivity index (χ3v) is 3.48. The highest BCUT2D eigenvalue weighted by molar-refractivity contribution is 5.14. The van der Waals surface area contributed by atoms with Crippen molar-refractivity contribution in [1.29, 1.82) is 0 Å². The van der Waals surface area contributed by atoms with Crippen molar-refractivity contribution in [2.45, 2.75) is 31.4 Å². The summed E-state index contributed by atoms with van der Waals surface area (Å²) in [5.41, 5.74) is 1.41. The molecule has 3 heteroatoms. The maximum atomic E-state index is 5.75. The Bertz CT molecular complexity index is 323. The van der Waals surface area contributed by atoms with Crippen molar-refractivity contribution in [3.8, 4) is 0 Å². The van der Waals surface area contributed by atoms with Crippen LogP contribution in [0.5, 0.6) is 0 Å². The highest BCUT2D eigenvalue weighted by Crippen LogP contribution is 2.13. The molecule has 1 aromatic carbocycles. The van der Waals surface area contributed by atoms with Gasteiger partial charge in [-0.15, -0.1) is 0 Å². The minimum Gasteiger partial charge on any atom is -0.376 e. The molecule has 0 amide bonds. The average molecular weight is 249 g/mol. The van der Waals surface area contributed by atoms with Crippen molar-refractivity contribution < 1.29 is 9.47 Å². The highest BCUT2D eigenvalue weighted by Gasteiger charge is 2.23. The van der Waals surface area contributed by atoms with E-state index in [4.69, 9.17) is 9.47 Å². The zero-order valence-corrected chi connectivity index (χ0v) is 11.1. The number of hydrogen-bond donors (Lipinski definition) is 1. The number of benzene rings is 1. The number of ether oxygens (including phenoxy) is 2. The van der Waals surface area contributed by atoms with Crippen LogP contribution in [0.2, 0.25) is 0 Å². The van der Waals surface area contributed by atoms with Gasteiger partial charge in [-0.3, -0.25) is 0 Å². The summed E-state index contributed by atoms with van der Waals surface area (Å²) in [5.74, 6) is 0. The molecule has 1 saturated heterocycles. The van der Waals surface area contributed by atoms with E-state index in [0.29, 0.717) is 6.04 Å². The zero-order chi connectivity index (χ0) is 12.6. The largest absolute Gasteiger partial charge is 0.376 e. The second kappa shape index (κ2) is 7.52. The van der Waals surface area contributed by atoms with Gasteiger partial charge in [0, 0.05) is 6.04 Å². The summed E-state index contributed by atoms with van der Waals surface area (Å²) >= 11 is 0. The maximum absolute atomic E-state index is 5.75. The predicted octanol–water partition coefficient (Wildman–Crippen LogP) is 2.01. The summed E-state index contributed by atoms with van der Waals surface area (Å²) in [4.78, 5) is 0. The molecule has 2 rings (SSSR count). The van der Waals surface area contributed by atoms with E-state index in [2.05, 4.69) is 35.6 Å². The molecule has 1 aliphatic rings. The summed E-state index contributed by atoms with van der Waals surface area (Å²) in [7, 11) is 2.01. The average Bonchev–Trinajstić information content (AvgIpc) is 2.46. The highest BCUT2D eigenvalue weighted by atomic mass is 16.6. The number of rotatable bonds is 6. The molecule has 0 aliphatic carbocycles. The molecule has 0 saturated carbocycles. The first-order valence-corrected chi connectivity index (χ1v) is 6.80. The number of likely N-dealkylation sites (N-methyl/N-ethyl adjacent to an activating group) is 1. The molecule has 0 aromatic heterocycles. The monoisotopic (exact) mass is 249 g/mol. The molecule has 1 fully saturated rings. The molecular weight excluding hydrogens is 226 g/mol. The van der Waals surface area contributed by atoms with Crippen molar-refractivity contribution in [2.24, 2.45) is 0 Å². The van der Waals surface area contributed by atoms with Gasteiger partial charge in [0.1, 0.15) is 0 Å². The van der Waals surface area contributed by atoms with E-state index in [9.17, 15) is 0 Å². The molecule has 2 unspecified atom stereocenters. The number of aryl methyl sites for hydroxylation is 1. The Morgan fingerprint density at radius 1 is 1.28 bits per heavy atom. The van der Waals surface area contributed by atoms with Crippen LogP contribution in [0, 0.1) is 0 Å². The second-order valence-corrected chi connectivity index (χ2v) is 4.76. The standard InChI is InChI=1S/C15H23NO2/c1-16-14(15-12-17-10-11-18-15)9-5-8-13-6-3-2-4-7-13/h2-4,6-7,14-16H,5,8-12H2,1H3. The Morgan fingerprint density at radius 2 is 2.11 bits per heavy atom. The molecule has 2 atom stereocenters. The molecule has 1 heterocycles. The third-order valence-electron chi connectivity index (χ3n) is 3.48. The molecule has 0 radical (unpaired) electrons. The summed E-state index contributed by atoms with van der Waals surface area (Å²) in [6.45, 7) is 2.18. The topological polar surface area (TPSA) is 30.5 Å². The van der Waals surface area contributed by atoms with Crippen LogP contribution in [0.4, 0.5) is 0 Å². The van der Waals surface area contributed by atoms with E-state index < -0.39 is 0 Å². The van der Waals surface area contributed by atoms with Crippen LogP contribution in [-0.2, 0) is 15.9 Å². The van der Waals surface area contributed by atoms with E-state index >= 15 is 0 Å². The molecule has 100 valence electrons. The second-order valence-electron chi connectivity index (χ2n) is 4.76. The molecule has 1 N–H and O–H groups in total. The van der Waals surface area contributed by atoms with Crippen LogP contribution >= 0.6 is 0 Å².